The fourth-order valence-electron chi connectivity index (χ4n) is 1.43. The number of pyridine rings is 1. The lowest BCUT2D eigenvalue weighted by molar-refractivity contribution is 0.0667. The number of aromatic nitrogens is 3. The van der Waals surface area contributed by atoms with E-state index in [1.807, 2.05) is 0 Å². The van der Waals surface area contributed by atoms with Crippen LogP contribution < -0.4 is 10.6 Å². The molecule has 0 aliphatic carbocycles. The highest BCUT2D eigenvalue weighted by molar-refractivity contribution is 5.87. The van der Waals surface area contributed by atoms with Crippen LogP contribution >= 0.6 is 0 Å². The van der Waals surface area contributed by atoms with Gasteiger partial charge in [-0.3, -0.25) is 9.88 Å². The van der Waals surface area contributed by atoms with E-state index in [0.717, 1.165) is 18.5 Å². The average Bonchev–Trinajstić information content (AvgIpc) is 2.88. The second-order valence-electron chi connectivity index (χ2n) is 3.70. The summed E-state index contributed by atoms with van der Waals surface area (Å²) < 4.78 is 38.3. The number of hydrogen-bond acceptors (Lipinski definition) is 3. The first kappa shape index (κ1) is 13.8. The molecule has 9 heteroatoms. The Balaban J connectivity index is 1.89. The Labute approximate surface area is 111 Å². The van der Waals surface area contributed by atoms with Gasteiger partial charge in [-0.25, -0.2) is 19.2 Å². The van der Waals surface area contributed by atoms with Gasteiger partial charge in [-0.1, -0.05) is 0 Å². The molecule has 2 rings (SSSR count). The van der Waals surface area contributed by atoms with Crippen LogP contribution in [0.3, 0.4) is 0 Å². The molecular formula is C11H10F3N5O. The van der Waals surface area contributed by atoms with Crippen LogP contribution in [0.4, 0.5) is 23.8 Å². The van der Waals surface area contributed by atoms with Crippen molar-refractivity contribution >= 4 is 11.8 Å². The van der Waals surface area contributed by atoms with Gasteiger partial charge in [-0.15, -0.1) is 0 Å². The van der Waals surface area contributed by atoms with E-state index in [4.69, 9.17) is 0 Å². The highest BCUT2D eigenvalue weighted by Gasteiger charge is 2.12. The van der Waals surface area contributed by atoms with Crippen LogP contribution in [0.25, 0.3) is 0 Å². The predicted octanol–water partition coefficient (Wildman–Crippen LogP) is 2.13. The third-order valence-corrected chi connectivity index (χ3v) is 2.34. The van der Waals surface area contributed by atoms with Gasteiger partial charge in [0.25, 0.3) is 0 Å². The summed E-state index contributed by atoms with van der Waals surface area (Å²) in [5.41, 5.74) is 0. The molecule has 0 saturated heterocycles. The molecular weight excluding hydrogens is 275 g/mol. The Morgan fingerprint density at radius 1 is 1.35 bits per heavy atom. The van der Waals surface area contributed by atoms with Crippen molar-refractivity contribution in [1.82, 2.24) is 19.9 Å². The zero-order valence-corrected chi connectivity index (χ0v) is 10.1. The molecule has 0 bridgehead atoms. The zero-order chi connectivity index (χ0) is 14.5. The molecule has 0 saturated carbocycles. The van der Waals surface area contributed by atoms with Crippen LogP contribution in [0, 0.1) is 5.82 Å². The van der Waals surface area contributed by atoms with E-state index in [0.29, 0.717) is 4.57 Å². The van der Waals surface area contributed by atoms with Crippen LogP contribution in [0.15, 0.2) is 30.7 Å². The van der Waals surface area contributed by atoms with E-state index < -0.39 is 18.4 Å². The smallest absolute Gasteiger partial charge is 0.320 e. The summed E-state index contributed by atoms with van der Waals surface area (Å²) in [5, 5.41) is 4.67. The van der Waals surface area contributed by atoms with Gasteiger partial charge in [0.2, 0.25) is 0 Å². The second-order valence-corrected chi connectivity index (χ2v) is 3.70. The van der Waals surface area contributed by atoms with Gasteiger partial charge in [0.15, 0.2) is 0 Å². The zero-order valence-electron chi connectivity index (χ0n) is 10.1. The van der Waals surface area contributed by atoms with Crippen LogP contribution in [-0.2, 0) is 6.54 Å². The molecule has 6 nitrogen and oxygen atoms in total. The molecule has 20 heavy (non-hydrogen) atoms. The Kier molecular flexibility index (Phi) is 4.18. The summed E-state index contributed by atoms with van der Waals surface area (Å²) in [4.78, 5) is 18.8. The maximum Gasteiger partial charge on any atom is 0.320 e. The summed E-state index contributed by atoms with van der Waals surface area (Å²) in [7, 11) is 0. The number of halogens is 3. The number of hydrogen-bond donors (Lipinski definition) is 2. The highest BCUT2D eigenvalue weighted by atomic mass is 19.3. The number of alkyl halides is 2. The number of imidazole rings is 1. The Morgan fingerprint density at radius 2 is 2.15 bits per heavy atom. The lowest BCUT2D eigenvalue weighted by Gasteiger charge is -2.08. The first-order valence-corrected chi connectivity index (χ1v) is 5.52. The number of anilines is 1. The second kappa shape index (κ2) is 6.04. The van der Waals surface area contributed by atoms with E-state index in [2.05, 4.69) is 20.6 Å². The van der Waals surface area contributed by atoms with Crippen molar-refractivity contribution in [3.63, 3.8) is 0 Å². The normalized spacial score (nSPS) is 10.6. The van der Waals surface area contributed by atoms with Crippen molar-refractivity contribution in [1.29, 1.82) is 0 Å². The van der Waals surface area contributed by atoms with Gasteiger partial charge >= 0.3 is 12.6 Å². The quantitative estimate of drug-likeness (QED) is 0.904. The van der Waals surface area contributed by atoms with Crippen LogP contribution in [-0.4, -0.2) is 20.6 Å². The lowest BCUT2D eigenvalue weighted by atomic mass is 10.4. The van der Waals surface area contributed by atoms with Crippen molar-refractivity contribution in [3.8, 4) is 0 Å². The number of carbonyl (C=O) groups excluding carboxylic acids is 1. The van der Waals surface area contributed by atoms with E-state index in [1.165, 1.54) is 12.3 Å². The maximum absolute atomic E-state index is 12.6. The van der Waals surface area contributed by atoms with Gasteiger partial charge in [-0.2, -0.15) is 8.78 Å². The van der Waals surface area contributed by atoms with Crippen LogP contribution in [0.1, 0.15) is 12.4 Å². The number of amides is 2. The Bertz CT molecular complexity index is 584. The first-order valence-electron chi connectivity index (χ1n) is 5.52. The molecule has 2 N–H and O–H groups in total. The molecule has 0 radical (unpaired) electrons. The third kappa shape index (κ3) is 3.46. The summed E-state index contributed by atoms with van der Waals surface area (Å²) in [6.07, 6.45) is 3.27. The Morgan fingerprint density at radius 3 is 2.80 bits per heavy atom. The first-order chi connectivity index (χ1) is 9.56. The molecule has 0 spiro atoms. The minimum absolute atomic E-state index is 0.0159. The lowest BCUT2D eigenvalue weighted by Crippen LogP contribution is -2.29. The van der Waals surface area contributed by atoms with Crippen molar-refractivity contribution < 1.29 is 18.0 Å². The fraction of sp³-hybridized carbons (Fsp3) is 0.182. The molecule has 0 aromatic carbocycles. The SMILES string of the molecule is O=C(NCc1nccn1C(F)F)Nc1ccc(F)cn1. The molecule has 0 atom stereocenters. The molecule has 0 unspecified atom stereocenters. The molecule has 2 heterocycles. The molecule has 106 valence electrons. The van der Waals surface area contributed by atoms with Crippen molar-refractivity contribution in [2.45, 2.75) is 13.1 Å². The number of urea groups is 1. The van der Waals surface area contributed by atoms with Gasteiger partial charge < -0.3 is 5.32 Å². The van der Waals surface area contributed by atoms with Crippen molar-refractivity contribution in [3.05, 3.63) is 42.4 Å². The van der Waals surface area contributed by atoms with E-state index >= 15 is 0 Å². The number of carbonyl (C=O) groups is 1. The topological polar surface area (TPSA) is 71.8 Å². The molecule has 0 fully saturated rings. The van der Waals surface area contributed by atoms with Gasteiger partial charge in [0.05, 0.1) is 12.7 Å². The Hall–Kier alpha value is -2.58. The molecule has 0 aliphatic rings. The summed E-state index contributed by atoms with van der Waals surface area (Å²) in [6.45, 7) is -2.90. The average molecular weight is 285 g/mol. The standard InChI is InChI=1S/C11H10F3N5O/c12-7-1-2-8(16-5-7)18-11(20)17-6-9-15-3-4-19(9)10(13)14/h1-5,10H,6H2,(H2,16,17,18,20). The molecule has 2 amide bonds. The van der Waals surface area contributed by atoms with Crippen molar-refractivity contribution in [2.75, 3.05) is 5.32 Å². The number of rotatable bonds is 4. The maximum atomic E-state index is 12.6. The summed E-state index contributed by atoms with van der Waals surface area (Å²) in [6, 6.07) is 1.74. The van der Waals surface area contributed by atoms with Crippen molar-refractivity contribution in [2.24, 2.45) is 0 Å². The van der Waals surface area contributed by atoms with E-state index in [1.54, 1.807) is 0 Å². The molecule has 2 aromatic rings. The summed E-state index contributed by atoms with van der Waals surface area (Å²) in [5.74, 6) is -0.377. The predicted molar refractivity (Wildman–Crippen MR) is 63.5 cm³/mol. The van der Waals surface area contributed by atoms with Crippen LogP contribution in [0.2, 0.25) is 0 Å². The van der Waals surface area contributed by atoms with Gasteiger partial charge in [-0.05, 0) is 12.1 Å². The minimum atomic E-state index is -2.73. The van der Waals surface area contributed by atoms with Gasteiger partial charge in [0.1, 0.15) is 17.5 Å². The third-order valence-electron chi connectivity index (χ3n) is 2.34. The van der Waals surface area contributed by atoms with E-state index in [-0.39, 0.29) is 18.2 Å². The number of nitrogens with one attached hydrogen (secondary N) is 2. The van der Waals surface area contributed by atoms with Crippen LogP contribution in [0.5, 0.6) is 0 Å². The minimum Gasteiger partial charge on any atom is -0.331 e. The highest BCUT2D eigenvalue weighted by Crippen LogP contribution is 2.12. The summed E-state index contributed by atoms with van der Waals surface area (Å²) >= 11 is 0. The molecule has 0 aliphatic heterocycles. The van der Waals surface area contributed by atoms with Gasteiger partial charge in [0, 0.05) is 12.4 Å². The van der Waals surface area contributed by atoms with E-state index in [9.17, 15) is 18.0 Å². The fourth-order valence-corrected chi connectivity index (χ4v) is 1.43. The number of nitrogens with zero attached hydrogens (tertiary/aromatic N) is 3. The largest absolute Gasteiger partial charge is 0.331 e. The molecule has 2 aromatic heterocycles. The monoisotopic (exact) mass is 285 g/mol.